The van der Waals surface area contributed by atoms with Gasteiger partial charge in [0.15, 0.2) is 11.5 Å². The van der Waals surface area contributed by atoms with Gasteiger partial charge >= 0.3 is 0 Å². The molecule has 0 fully saturated rings. The van der Waals surface area contributed by atoms with Crippen molar-refractivity contribution in [3.63, 3.8) is 0 Å². The lowest BCUT2D eigenvalue weighted by Crippen LogP contribution is -2.09. The maximum Gasteiger partial charge on any atom is 0.195 e. The second kappa shape index (κ2) is 17.1. The zero-order valence-corrected chi connectivity index (χ0v) is 35.6. The van der Waals surface area contributed by atoms with Crippen LogP contribution in [0.2, 0.25) is 0 Å². The topological polar surface area (TPSA) is 62.1 Å². The highest BCUT2D eigenvalue weighted by Gasteiger charge is 2.19. The molecule has 0 atom stereocenters. The van der Waals surface area contributed by atoms with Gasteiger partial charge in [-0.25, -0.2) is 14.8 Å². The number of fused-ring (bicyclic) bond motifs is 3. The van der Waals surface area contributed by atoms with E-state index in [0.29, 0.717) is 33.9 Å². The highest BCUT2D eigenvalue weighted by atomic mass is 15.1. The van der Waals surface area contributed by atoms with E-state index in [9.17, 15) is 5.26 Å². The molecule has 0 aliphatic rings. The van der Waals surface area contributed by atoms with Gasteiger partial charge in [0.05, 0.1) is 40.6 Å². The van der Waals surface area contributed by atoms with Crippen LogP contribution >= 0.6 is 0 Å². The molecule has 0 bridgehead atoms. The standard InChI is InChI=1S/C60H38N6/c1-62-56-38-53(57-39-55(44-16-6-2-7-17-44)63-60(64-57)45-18-8-3-9-19-45)46(40-61)36-52(56)43-28-26-41(27-29-43)42-30-32-49(33-31-42)66-58-25-15-14-24-51(58)54-37-50(34-35-59(54)66)65(47-20-10-4-11-21-47)48-22-12-5-13-23-48/h2-39H. The van der Waals surface area contributed by atoms with E-state index in [2.05, 4.69) is 148 Å². The fraction of sp³-hybridized carbons (Fsp3) is 0. The van der Waals surface area contributed by atoms with Gasteiger partial charge in [0, 0.05) is 50.2 Å². The molecule has 66 heavy (non-hydrogen) atoms. The number of hydrogen-bond donors (Lipinski definition) is 0. The minimum Gasteiger partial charge on any atom is -0.310 e. The van der Waals surface area contributed by atoms with Crippen molar-refractivity contribution in [1.29, 1.82) is 5.26 Å². The van der Waals surface area contributed by atoms with Gasteiger partial charge in [-0.05, 0) is 101 Å². The summed E-state index contributed by atoms with van der Waals surface area (Å²) in [5.74, 6) is 0.548. The summed E-state index contributed by atoms with van der Waals surface area (Å²) in [7, 11) is 0. The third-order valence-corrected chi connectivity index (χ3v) is 12.1. The minimum absolute atomic E-state index is 0.430. The fourth-order valence-electron chi connectivity index (χ4n) is 8.90. The molecule has 6 nitrogen and oxygen atoms in total. The van der Waals surface area contributed by atoms with E-state index in [-0.39, 0.29) is 0 Å². The van der Waals surface area contributed by atoms with Gasteiger partial charge in [0.1, 0.15) is 0 Å². The van der Waals surface area contributed by atoms with Gasteiger partial charge in [0.25, 0.3) is 0 Å². The molecule has 0 aliphatic carbocycles. The van der Waals surface area contributed by atoms with Crippen LogP contribution in [0.4, 0.5) is 22.7 Å². The van der Waals surface area contributed by atoms with Crippen LogP contribution < -0.4 is 4.90 Å². The van der Waals surface area contributed by atoms with Crippen molar-refractivity contribution in [2.75, 3.05) is 4.90 Å². The van der Waals surface area contributed by atoms with Crippen molar-refractivity contribution in [3.8, 4) is 67.9 Å². The Hall–Kier alpha value is -9.36. The molecular weight excluding hydrogens is 805 g/mol. The van der Waals surface area contributed by atoms with E-state index >= 15 is 0 Å². The van der Waals surface area contributed by atoms with Crippen LogP contribution in [0.1, 0.15) is 5.56 Å². The number of nitrogens with zero attached hydrogens (tertiary/aromatic N) is 6. The normalized spacial score (nSPS) is 11.0. The third-order valence-electron chi connectivity index (χ3n) is 12.1. The van der Waals surface area contributed by atoms with E-state index in [0.717, 1.165) is 67.3 Å². The number of anilines is 3. The maximum atomic E-state index is 10.5. The molecule has 0 saturated heterocycles. The van der Waals surface area contributed by atoms with Gasteiger partial charge in [0.2, 0.25) is 0 Å². The molecule has 11 rings (SSSR count). The summed E-state index contributed by atoms with van der Waals surface area (Å²) in [6, 6.07) is 80.8. The highest BCUT2D eigenvalue weighted by molar-refractivity contribution is 6.10. The molecule has 308 valence electrons. The Morgan fingerprint density at radius 2 is 0.985 bits per heavy atom. The van der Waals surface area contributed by atoms with Gasteiger partial charge < -0.3 is 9.47 Å². The van der Waals surface area contributed by atoms with E-state index in [4.69, 9.17) is 16.5 Å². The largest absolute Gasteiger partial charge is 0.310 e. The first-order valence-corrected chi connectivity index (χ1v) is 21.7. The first kappa shape index (κ1) is 39.5. The number of para-hydroxylation sites is 3. The average Bonchev–Trinajstić information content (AvgIpc) is 3.73. The van der Waals surface area contributed by atoms with Crippen molar-refractivity contribution in [2.24, 2.45) is 0 Å². The summed E-state index contributed by atoms with van der Waals surface area (Å²) in [6.07, 6.45) is 0. The number of hydrogen-bond acceptors (Lipinski definition) is 4. The SMILES string of the molecule is [C-]#[N+]c1cc(-c2cc(-c3ccccc3)nc(-c3ccccc3)n2)c(C#N)cc1-c1ccc(-c2ccc(-n3c4ccccc4c4cc(N(c5ccccc5)c5ccccc5)ccc43)cc2)cc1. The Kier molecular flexibility index (Phi) is 10.2. The highest BCUT2D eigenvalue weighted by Crippen LogP contribution is 2.41. The van der Waals surface area contributed by atoms with Gasteiger partial charge in [-0.15, -0.1) is 0 Å². The number of nitriles is 1. The third kappa shape index (κ3) is 7.31. The van der Waals surface area contributed by atoms with Crippen LogP contribution in [0.25, 0.3) is 88.5 Å². The molecule has 11 aromatic rings. The summed E-state index contributed by atoms with van der Waals surface area (Å²) in [6.45, 7) is 8.24. The van der Waals surface area contributed by atoms with Gasteiger partial charge in [-0.1, -0.05) is 152 Å². The van der Waals surface area contributed by atoms with E-state index in [1.807, 2.05) is 97.1 Å². The summed E-state index contributed by atoms with van der Waals surface area (Å²) in [4.78, 5) is 16.1. The van der Waals surface area contributed by atoms with Crippen molar-refractivity contribution in [1.82, 2.24) is 14.5 Å². The fourth-order valence-corrected chi connectivity index (χ4v) is 8.90. The quantitative estimate of drug-likeness (QED) is 0.136. The molecule has 0 N–H and O–H groups in total. The Balaban J connectivity index is 0.917. The molecule has 0 saturated carbocycles. The van der Waals surface area contributed by atoms with Gasteiger partial charge in [-0.3, -0.25) is 0 Å². The van der Waals surface area contributed by atoms with Crippen LogP contribution in [0.15, 0.2) is 231 Å². The molecule has 9 aromatic carbocycles. The van der Waals surface area contributed by atoms with Crippen molar-refractivity contribution in [2.45, 2.75) is 0 Å². The number of aromatic nitrogens is 3. The summed E-state index contributed by atoms with van der Waals surface area (Å²) in [5.41, 5.74) is 14.9. The van der Waals surface area contributed by atoms with E-state index in [1.54, 1.807) is 6.07 Å². The average molecular weight is 843 g/mol. The van der Waals surface area contributed by atoms with Crippen LogP contribution in [0, 0.1) is 17.9 Å². The van der Waals surface area contributed by atoms with Crippen LogP contribution in [0.3, 0.4) is 0 Å². The summed E-state index contributed by atoms with van der Waals surface area (Å²) in [5, 5.41) is 12.9. The Labute approximate surface area is 383 Å². The minimum atomic E-state index is 0.430. The molecule has 2 aromatic heterocycles. The Morgan fingerprint density at radius 3 is 1.62 bits per heavy atom. The lowest BCUT2D eigenvalue weighted by molar-refractivity contribution is 1.18. The smallest absolute Gasteiger partial charge is 0.195 e. The number of benzene rings is 9. The molecule has 0 amide bonds. The molecule has 0 spiro atoms. The summed E-state index contributed by atoms with van der Waals surface area (Å²) >= 11 is 0. The predicted molar refractivity (Wildman–Crippen MR) is 269 cm³/mol. The lowest BCUT2D eigenvalue weighted by Gasteiger charge is -2.25. The Morgan fingerprint density at radius 1 is 0.439 bits per heavy atom. The lowest BCUT2D eigenvalue weighted by atomic mass is 9.94. The number of rotatable bonds is 9. The summed E-state index contributed by atoms with van der Waals surface area (Å²) < 4.78 is 2.34. The molecular formula is C60H38N6. The second-order valence-electron chi connectivity index (χ2n) is 16.0. The monoisotopic (exact) mass is 842 g/mol. The second-order valence-corrected chi connectivity index (χ2v) is 16.0. The molecule has 2 heterocycles. The van der Waals surface area contributed by atoms with Crippen molar-refractivity contribution in [3.05, 3.63) is 248 Å². The van der Waals surface area contributed by atoms with E-state index < -0.39 is 0 Å². The zero-order chi connectivity index (χ0) is 44.4. The zero-order valence-electron chi connectivity index (χ0n) is 35.6. The first-order chi connectivity index (χ1) is 32.6. The Bertz CT molecular complexity index is 3530. The molecule has 0 radical (unpaired) electrons. The van der Waals surface area contributed by atoms with Gasteiger partial charge in [-0.2, -0.15) is 5.26 Å². The van der Waals surface area contributed by atoms with Crippen molar-refractivity contribution >= 4 is 44.6 Å². The molecule has 6 heteroatoms. The van der Waals surface area contributed by atoms with Crippen LogP contribution in [0.5, 0.6) is 0 Å². The van der Waals surface area contributed by atoms with Crippen LogP contribution in [-0.2, 0) is 0 Å². The first-order valence-electron chi connectivity index (χ1n) is 21.7. The van der Waals surface area contributed by atoms with Crippen LogP contribution in [-0.4, -0.2) is 14.5 Å². The molecule has 0 aliphatic heterocycles. The van der Waals surface area contributed by atoms with Crippen molar-refractivity contribution < 1.29 is 0 Å². The predicted octanol–water partition coefficient (Wildman–Crippen LogP) is 15.8. The molecule has 0 unspecified atom stereocenters. The maximum absolute atomic E-state index is 10.5. The van der Waals surface area contributed by atoms with E-state index in [1.165, 1.54) is 10.8 Å².